The van der Waals surface area contributed by atoms with E-state index in [0.717, 1.165) is 10.6 Å². The average molecular weight is 263 g/mol. The summed E-state index contributed by atoms with van der Waals surface area (Å²) in [5, 5.41) is 12.0. The lowest BCUT2D eigenvalue weighted by molar-refractivity contribution is -0.119. The molecule has 1 amide bonds. The van der Waals surface area contributed by atoms with Crippen LogP contribution in [0.3, 0.4) is 0 Å². The highest BCUT2D eigenvalue weighted by atomic mass is 32.2. The van der Waals surface area contributed by atoms with E-state index in [1.54, 1.807) is 4.90 Å². The first-order valence-corrected chi connectivity index (χ1v) is 6.91. The smallest absolute Gasteiger partial charge is 0.239 e. The average Bonchev–Trinajstić information content (AvgIpc) is 2.37. The van der Waals surface area contributed by atoms with Gasteiger partial charge >= 0.3 is 0 Å². The van der Waals surface area contributed by atoms with Gasteiger partial charge in [-0.3, -0.25) is 4.79 Å². The maximum Gasteiger partial charge on any atom is 0.239 e. The number of nitriles is 1. The molecule has 96 valence electrons. The van der Waals surface area contributed by atoms with Crippen molar-refractivity contribution in [1.82, 2.24) is 5.32 Å². The fourth-order valence-electron chi connectivity index (χ4n) is 1.67. The van der Waals surface area contributed by atoms with E-state index < -0.39 is 0 Å². The van der Waals surface area contributed by atoms with E-state index in [0.29, 0.717) is 12.1 Å². The highest BCUT2D eigenvalue weighted by Gasteiger charge is 2.13. The molecule has 1 rings (SSSR count). The summed E-state index contributed by atoms with van der Waals surface area (Å²) >= 11 is 1.53. The Balaban J connectivity index is 2.95. The van der Waals surface area contributed by atoms with Crippen LogP contribution in [0.15, 0.2) is 23.1 Å². The number of carbonyl (C=O) groups is 1. The molecule has 0 bridgehead atoms. The van der Waals surface area contributed by atoms with Crippen LogP contribution in [0, 0.1) is 11.3 Å². The fourth-order valence-corrected chi connectivity index (χ4v) is 2.24. The van der Waals surface area contributed by atoms with E-state index in [2.05, 4.69) is 11.4 Å². The van der Waals surface area contributed by atoms with Gasteiger partial charge in [0.2, 0.25) is 5.91 Å². The lowest BCUT2D eigenvalue weighted by atomic mass is 10.2. The molecule has 0 aliphatic carbocycles. The predicted molar refractivity (Wildman–Crippen MR) is 74.9 cm³/mol. The number of anilines is 1. The molecule has 0 atom stereocenters. The van der Waals surface area contributed by atoms with Crippen molar-refractivity contribution < 1.29 is 4.79 Å². The summed E-state index contributed by atoms with van der Waals surface area (Å²) in [5.74, 6) is -0.0431. The second-order valence-electron chi connectivity index (χ2n) is 3.78. The van der Waals surface area contributed by atoms with Crippen LogP contribution in [0.5, 0.6) is 0 Å². The topological polar surface area (TPSA) is 56.1 Å². The minimum Gasteiger partial charge on any atom is -0.364 e. The Morgan fingerprint density at radius 3 is 2.83 bits per heavy atom. The van der Waals surface area contributed by atoms with Crippen molar-refractivity contribution in [3.05, 3.63) is 23.8 Å². The molecular weight excluding hydrogens is 246 g/mol. The van der Waals surface area contributed by atoms with Crippen LogP contribution in [0.1, 0.15) is 12.5 Å². The molecule has 0 saturated carbocycles. The van der Waals surface area contributed by atoms with E-state index in [1.165, 1.54) is 11.8 Å². The number of thioether (sulfide) groups is 1. The van der Waals surface area contributed by atoms with Crippen molar-refractivity contribution in [3.63, 3.8) is 0 Å². The molecular formula is C13H17N3OS. The van der Waals surface area contributed by atoms with Crippen LogP contribution in [0.4, 0.5) is 5.69 Å². The zero-order valence-electron chi connectivity index (χ0n) is 10.9. The molecule has 0 spiro atoms. The molecule has 0 aromatic heterocycles. The Kier molecular flexibility index (Phi) is 5.53. The van der Waals surface area contributed by atoms with Gasteiger partial charge < -0.3 is 10.2 Å². The van der Waals surface area contributed by atoms with Gasteiger partial charge in [-0.2, -0.15) is 5.26 Å². The summed E-state index contributed by atoms with van der Waals surface area (Å²) in [7, 11) is 1.82. The third kappa shape index (κ3) is 3.41. The number of rotatable bonds is 5. The van der Waals surface area contributed by atoms with Crippen molar-refractivity contribution in [1.29, 1.82) is 5.26 Å². The molecule has 0 radical (unpaired) electrons. The monoisotopic (exact) mass is 263 g/mol. The highest BCUT2D eigenvalue weighted by molar-refractivity contribution is 7.98. The molecule has 18 heavy (non-hydrogen) atoms. The van der Waals surface area contributed by atoms with Gasteiger partial charge in [0.25, 0.3) is 0 Å². The third-order valence-electron chi connectivity index (χ3n) is 2.50. The third-order valence-corrected chi connectivity index (χ3v) is 3.28. The number of hydrogen-bond acceptors (Lipinski definition) is 4. The highest BCUT2D eigenvalue weighted by Crippen LogP contribution is 2.28. The number of likely N-dealkylation sites (N-methyl/N-ethyl adjacent to an activating group) is 2. The van der Waals surface area contributed by atoms with E-state index in [1.807, 2.05) is 38.4 Å². The van der Waals surface area contributed by atoms with E-state index in [-0.39, 0.29) is 12.5 Å². The SMILES string of the molecule is CCNC(=O)CN(C)c1cccc(SC)c1C#N. The lowest BCUT2D eigenvalue weighted by Crippen LogP contribution is -2.35. The van der Waals surface area contributed by atoms with Crippen LogP contribution in [0.2, 0.25) is 0 Å². The normalized spacial score (nSPS) is 9.67. The van der Waals surface area contributed by atoms with Crippen LogP contribution >= 0.6 is 11.8 Å². The molecule has 0 aliphatic heterocycles. The van der Waals surface area contributed by atoms with Crippen molar-refractivity contribution in [2.45, 2.75) is 11.8 Å². The predicted octanol–water partition coefficient (Wildman–Crippen LogP) is 1.85. The molecule has 0 fully saturated rings. The van der Waals surface area contributed by atoms with Crippen LogP contribution in [-0.4, -0.2) is 32.3 Å². The first-order chi connectivity index (χ1) is 8.63. The fraction of sp³-hybridized carbons (Fsp3) is 0.385. The second kappa shape index (κ2) is 6.92. The summed E-state index contributed by atoms with van der Waals surface area (Å²) in [4.78, 5) is 14.3. The molecule has 1 N–H and O–H groups in total. The standard InChI is InChI=1S/C13H17N3OS/c1-4-15-13(17)9-16(2)11-6-5-7-12(18-3)10(11)8-14/h5-7H,4,9H2,1-3H3,(H,15,17). The summed E-state index contributed by atoms with van der Waals surface area (Å²) in [6.07, 6.45) is 1.93. The number of amides is 1. The molecule has 0 aliphatic rings. The molecule has 0 unspecified atom stereocenters. The lowest BCUT2D eigenvalue weighted by Gasteiger charge is -2.20. The quantitative estimate of drug-likeness (QED) is 0.824. The van der Waals surface area contributed by atoms with Crippen molar-refractivity contribution >= 4 is 23.4 Å². The van der Waals surface area contributed by atoms with Crippen LogP contribution in [-0.2, 0) is 4.79 Å². The molecule has 0 saturated heterocycles. The zero-order chi connectivity index (χ0) is 13.5. The Morgan fingerprint density at radius 2 is 2.28 bits per heavy atom. The first-order valence-electron chi connectivity index (χ1n) is 5.69. The van der Waals surface area contributed by atoms with Crippen LogP contribution in [0.25, 0.3) is 0 Å². The molecule has 4 nitrogen and oxygen atoms in total. The molecule has 0 heterocycles. The maximum atomic E-state index is 11.5. The van der Waals surface area contributed by atoms with Crippen molar-refractivity contribution in [2.75, 3.05) is 31.3 Å². The molecule has 1 aromatic carbocycles. The van der Waals surface area contributed by atoms with Crippen molar-refractivity contribution in [2.24, 2.45) is 0 Å². The largest absolute Gasteiger partial charge is 0.364 e. The summed E-state index contributed by atoms with van der Waals surface area (Å²) < 4.78 is 0. The summed E-state index contributed by atoms with van der Waals surface area (Å²) in [6, 6.07) is 7.87. The van der Waals surface area contributed by atoms with E-state index in [4.69, 9.17) is 0 Å². The van der Waals surface area contributed by atoms with Gasteiger partial charge in [0.15, 0.2) is 0 Å². The number of nitrogens with zero attached hydrogens (tertiary/aromatic N) is 2. The number of carbonyl (C=O) groups excluding carboxylic acids is 1. The van der Waals surface area contributed by atoms with Gasteiger partial charge in [-0.05, 0) is 25.3 Å². The Labute approximate surface area is 112 Å². The van der Waals surface area contributed by atoms with Gasteiger partial charge in [-0.25, -0.2) is 0 Å². The van der Waals surface area contributed by atoms with Crippen LogP contribution < -0.4 is 10.2 Å². The Morgan fingerprint density at radius 1 is 1.56 bits per heavy atom. The first kappa shape index (κ1) is 14.4. The number of hydrogen-bond donors (Lipinski definition) is 1. The van der Waals surface area contributed by atoms with E-state index >= 15 is 0 Å². The van der Waals surface area contributed by atoms with Gasteiger partial charge in [0.1, 0.15) is 6.07 Å². The molecule has 5 heteroatoms. The number of benzene rings is 1. The summed E-state index contributed by atoms with van der Waals surface area (Å²) in [6.45, 7) is 2.75. The van der Waals surface area contributed by atoms with Gasteiger partial charge in [0, 0.05) is 18.5 Å². The second-order valence-corrected chi connectivity index (χ2v) is 4.62. The van der Waals surface area contributed by atoms with Gasteiger partial charge in [0.05, 0.1) is 17.8 Å². The van der Waals surface area contributed by atoms with Gasteiger partial charge in [-0.15, -0.1) is 11.8 Å². The maximum absolute atomic E-state index is 11.5. The molecule has 1 aromatic rings. The zero-order valence-corrected chi connectivity index (χ0v) is 11.7. The minimum atomic E-state index is -0.0431. The van der Waals surface area contributed by atoms with E-state index in [9.17, 15) is 10.1 Å². The number of nitrogens with one attached hydrogen (secondary N) is 1. The summed E-state index contributed by atoms with van der Waals surface area (Å²) in [5.41, 5.74) is 1.41. The minimum absolute atomic E-state index is 0.0431. The van der Waals surface area contributed by atoms with Crippen molar-refractivity contribution in [3.8, 4) is 6.07 Å². The Hall–Kier alpha value is -1.67. The van der Waals surface area contributed by atoms with Gasteiger partial charge in [-0.1, -0.05) is 6.07 Å². The Bertz CT molecular complexity index is 468.